The van der Waals surface area contributed by atoms with E-state index in [1.165, 1.54) is 6.08 Å². The zero-order valence-corrected chi connectivity index (χ0v) is 21.6. The SMILES string of the molecule is CCCOc1ccc(C2C(C(=O)/C=C/c3ccccc3)=C(O)C(=O)N2CCN(CC)CC)cc1OC. The number of carbonyl (C=O) groups excluding carboxylic acids is 2. The van der Waals surface area contributed by atoms with Crippen molar-refractivity contribution < 1.29 is 24.2 Å². The number of hydrogen-bond donors (Lipinski definition) is 1. The number of carbonyl (C=O) groups is 2. The highest BCUT2D eigenvalue weighted by molar-refractivity contribution is 6.14. The summed E-state index contributed by atoms with van der Waals surface area (Å²) in [5, 5.41) is 10.9. The smallest absolute Gasteiger partial charge is 0.290 e. The standard InChI is InChI=1S/C29H36N2O5/c1-5-19-36-24-16-14-22(20-25(24)35-4)27-26(23(32)15-13-21-11-9-8-10-12-21)28(33)29(34)31(27)18-17-30(6-2)7-3/h8-16,20,27,33H,5-7,17-19H2,1-4H3/b15-13+. The van der Waals surface area contributed by atoms with Gasteiger partial charge in [-0.3, -0.25) is 9.59 Å². The first-order valence-corrected chi connectivity index (χ1v) is 12.5. The lowest BCUT2D eigenvalue weighted by molar-refractivity contribution is -0.129. The van der Waals surface area contributed by atoms with Crippen molar-refractivity contribution >= 4 is 17.8 Å². The molecule has 2 aromatic rings. The third kappa shape index (κ3) is 6.15. The zero-order chi connectivity index (χ0) is 26.1. The molecule has 0 aliphatic carbocycles. The van der Waals surface area contributed by atoms with Crippen LogP contribution in [-0.2, 0) is 9.59 Å². The quantitative estimate of drug-likeness (QED) is 0.405. The van der Waals surface area contributed by atoms with E-state index in [9.17, 15) is 14.7 Å². The average molecular weight is 493 g/mol. The third-order valence-electron chi connectivity index (χ3n) is 6.31. The van der Waals surface area contributed by atoms with Gasteiger partial charge in [-0.15, -0.1) is 0 Å². The molecule has 1 atom stereocenters. The molecule has 1 aliphatic heterocycles. The van der Waals surface area contributed by atoms with E-state index in [4.69, 9.17) is 9.47 Å². The molecule has 36 heavy (non-hydrogen) atoms. The van der Waals surface area contributed by atoms with Gasteiger partial charge >= 0.3 is 0 Å². The number of methoxy groups -OCH3 is 1. The first kappa shape index (κ1) is 27.0. The fraction of sp³-hybridized carbons (Fsp3) is 0.379. The maximum atomic E-state index is 13.4. The van der Waals surface area contributed by atoms with Crippen LogP contribution in [0.3, 0.4) is 0 Å². The molecule has 1 aliphatic rings. The van der Waals surface area contributed by atoms with Crippen LogP contribution in [0.1, 0.15) is 44.4 Å². The van der Waals surface area contributed by atoms with Gasteiger partial charge in [0.05, 0.1) is 25.3 Å². The fourth-order valence-corrected chi connectivity index (χ4v) is 4.28. The molecule has 0 radical (unpaired) electrons. The van der Waals surface area contributed by atoms with Crippen LogP contribution < -0.4 is 9.47 Å². The highest BCUT2D eigenvalue weighted by Gasteiger charge is 2.43. The Morgan fingerprint density at radius 1 is 1.08 bits per heavy atom. The topological polar surface area (TPSA) is 79.3 Å². The van der Waals surface area contributed by atoms with Crippen molar-refractivity contribution in [2.45, 2.75) is 33.2 Å². The molecule has 1 N–H and O–H groups in total. The van der Waals surface area contributed by atoms with Gasteiger partial charge in [-0.2, -0.15) is 0 Å². The number of ketones is 1. The average Bonchev–Trinajstić information content (AvgIpc) is 3.16. The number of aliphatic hydroxyl groups excluding tert-OH is 1. The number of amides is 1. The number of ether oxygens (including phenoxy) is 2. The van der Waals surface area contributed by atoms with Crippen LogP contribution in [0.5, 0.6) is 11.5 Å². The van der Waals surface area contributed by atoms with Crippen LogP contribution in [0.15, 0.2) is 65.9 Å². The molecule has 1 heterocycles. The minimum atomic E-state index is -0.741. The van der Waals surface area contributed by atoms with Gasteiger partial charge in [0.1, 0.15) is 0 Å². The van der Waals surface area contributed by atoms with E-state index in [0.717, 1.165) is 25.1 Å². The predicted octanol–water partition coefficient (Wildman–Crippen LogP) is 4.80. The zero-order valence-electron chi connectivity index (χ0n) is 21.6. The lowest BCUT2D eigenvalue weighted by Gasteiger charge is -2.29. The van der Waals surface area contributed by atoms with E-state index >= 15 is 0 Å². The van der Waals surface area contributed by atoms with Crippen molar-refractivity contribution in [1.29, 1.82) is 0 Å². The predicted molar refractivity (Wildman–Crippen MR) is 141 cm³/mol. The molecule has 0 fully saturated rings. The molecule has 0 spiro atoms. The number of aliphatic hydroxyl groups is 1. The molecule has 1 amide bonds. The van der Waals surface area contributed by atoms with Gasteiger partial charge in [-0.25, -0.2) is 0 Å². The summed E-state index contributed by atoms with van der Waals surface area (Å²) in [5.41, 5.74) is 1.59. The van der Waals surface area contributed by atoms with Crippen LogP contribution in [0.25, 0.3) is 6.08 Å². The van der Waals surface area contributed by atoms with Crippen molar-refractivity contribution in [2.24, 2.45) is 0 Å². The molecule has 7 heteroatoms. The molecular formula is C29H36N2O5. The molecule has 0 bridgehead atoms. The number of hydrogen-bond acceptors (Lipinski definition) is 6. The van der Waals surface area contributed by atoms with E-state index < -0.39 is 23.5 Å². The first-order chi connectivity index (χ1) is 17.4. The molecule has 0 aromatic heterocycles. The molecule has 1 unspecified atom stereocenters. The molecule has 192 valence electrons. The summed E-state index contributed by atoms with van der Waals surface area (Å²) in [7, 11) is 1.55. The van der Waals surface area contributed by atoms with E-state index in [1.54, 1.807) is 30.2 Å². The Hall–Kier alpha value is -3.58. The van der Waals surface area contributed by atoms with Crippen molar-refractivity contribution in [3.63, 3.8) is 0 Å². The van der Waals surface area contributed by atoms with Crippen molar-refractivity contribution in [1.82, 2.24) is 9.80 Å². The Kier molecular flexibility index (Phi) is 9.70. The van der Waals surface area contributed by atoms with E-state index in [-0.39, 0.29) is 5.57 Å². The van der Waals surface area contributed by atoms with E-state index in [2.05, 4.69) is 18.7 Å². The van der Waals surface area contributed by atoms with Gasteiger partial charge in [0, 0.05) is 13.1 Å². The third-order valence-corrected chi connectivity index (χ3v) is 6.31. The molecule has 7 nitrogen and oxygen atoms in total. The summed E-state index contributed by atoms with van der Waals surface area (Å²) in [6.07, 6.45) is 3.94. The van der Waals surface area contributed by atoms with Crippen LogP contribution in [0.2, 0.25) is 0 Å². The second kappa shape index (κ2) is 12.9. The van der Waals surface area contributed by atoms with Crippen LogP contribution >= 0.6 is 0 Å². The number of allylic oxidation sites excluding steroid dienone is 1. The van der Waals surface area contributed by atoms with E-state index in [0.29, 0.717) is 36.8 Å². The Morgan fingerprint density at radius 2 is 1.81 bits per heavy atom. The molecular weight excluding hydrogens is 456 g/mol. The van der Waals surface area contributed by atoms with E-state index in [1.807, 2.05) is 43.3 Å². The summed E-state index contributed by atoms with van der Waals surface area (Å²) in [5.74, 6) is -0.367. The number of rotatable bonds is 13. The highest BCUT2D eigenvalue weighted by atomic mass is 16.5. The monoisotopic (exact) mass is 492 g/mol. The summed E-state index contributed by atoms with van der Waals surface area (Å²) >= 11 is 0. The van der Waals surface area contributed by atoms with Gasteiger partial charge in [0.15, 0.2) is 23.0 Å². The lowest BCUT2D eigenvalue weighted by atomic mass is 9.95. The minimum absolute atomic E-state index is 0.0657. The van der Waals surface area contributed by atoms with Crippen LogP contribution in [0, 0.1) is 0 Å². The number of likely N-dealkylation sites (N-methyl/N-ethyl adjacent to an activating group) is 1. The van der Waals surface area contributed by atoms with Crippen LogP contribution in [-0.4, -0.2) is 66.5 Å². The van der Waals surface area contributed by atoms with Gasteiger partial charge < -0.3 is 24.4 Å². The summed E-state index contributed by atoms with van der Waals surface area (Å²) in [4.78, 5) is 30.3. The summed E-state index contributed by atoms with van der Waals surface area (Å²) < 4.78 is 11.3. The molecule has 2 aromatic carbocycles. The summed E-state index contributed by atoms with van der Waals surface area (Å²) in [6.45, 7) is 9.35. The first-order valence-electron chi connectivity index (χ1n) is 12.5. The Bertz CT molecular complexity index is 1110. The van der Waals surface area contributed by atoms with Crippen LogP contribution in [0.4, 0.5) is 0 Å². The minimum Gasteiger partial charge on any atom is -0.503 e. The molecule has 3 rings (SSSR count). The molecule has 0 saturated heterocycles. The second-order valence-corrected chi connectivity index (χ2v) is 8.56. The Labute approximate surface area is 213 Å². The van der Waals surface area contributed by atoms with Gasteiger partial charge in [0.25, 0.3) is 5.91 Å². The lowest BCUT2D eigenvalue weighted by Crippen LogP contribution is -2.38. The number of benzene rings is 2. The maximum Gasteiger partial charge on any atom is 0.290 e. The van der Waals surface area contributed by atoms with Crippen molar-refractivity contribution in [3.8, 4) is 11.5 Å². The van der Waals surface area contributed by atoms with Gasteiger partial charge in [0.2, 0.25) is 0 Å². The normalized spacial score (nSPS) is 15.9. The largest absolute Gasteiger partial charge is 0.503 e. The fourth-order valence-electron chi connectivity index (χ4n) is 4.28. The van der Waals surface area contributed by atoms with Crippen molar-refractivity contribution in [2.75, 3.05) is 39.9 Å². The Morgan fingerprint density at radius 3 is 2.44 bits per heavy atom. The maximum absolute atomic E-state index is 13.4. The number of nitrogens with zero attached hydrogens (tertiary/aromatic N) is 2. The van der Waals surface area contributed by atoms with Gasteiger partial charge in [-0.1, -0.05) is 63.2 Å². The Balaban J connectivity index is 2.00. The highest BCUT2D eigenvalue weighted by Crippen LogP contribution is 2.41. The van der Waals surface area contributed by atoms with Gasteiger partial charge in [-0.05, 0) is 48.8 Å². The van der Waals surface area contributed by atoms with Crippen molar-refractivity contribution in [3.05, 3.63) is 77.1 Å². The second-order valence-electron chi connectivity index (χ2n) is 8.56. The molecule has 0 saturated carbocycles. The summed E-state index contributed by atoms with van der Waals surface area (Å²) in [6, 6.07) is 14.1.